The Kier molecular flexibility index (Phi) is 3.75. The van der Waals surface area contributed by atoms with E-state index in [-0.39, 0.29) is 11.4 Å². The van der Waals surface area contributed by atoms with Crippen molar-refractivity contribution in [2.45, 2.75) is 32.0 Å². The first-order chi connectivity index (χ1) is 10.8. The summed E-state index contributed by atoms with van der Waals surface area (Å²) >= 11 is 0. The number of aromatic carboxylic acids is 1. The summed E-state index contributed by atoms with van der Waals surface area (Å²) in [7, 11) is 0. The van der Waals surface area contributed by atoms with E-state index in [0.29, 0.717) is 24.1 Å². The van der Waals surface area contributed by atoms with Gasteiger partial charge >= 0.3 is 12.3 Å². The molecule has 23 heavy (non-hydrogen) atoms. The topological polar surface area (TPSA) is 64.3 Å². The Labute approximate surface area is 129 Å². The molecule has 1 heterocycles. The molecule has 8 heteroatoms. The molecule has 0 spiro atoms. The number of benzene rings is 1. The van der Waals surface area contributed by atoms with Crippen molar-refractivity contribution in [3.63, 3.8) is 0 Å². The molecule has 0 atom stereocenters. The molecule has 0 unspecified atom stereocenters. The number of carboxylic acid groups (broad SMARTS) is 1. The van der Waals surface area contributed by atoms with Crippen LogP contribution in [0.1, 0.15) is 34.6 Å². The molecule has 0 bridgehead atoms. The van der Waals surface area contributed by atoms with Crippen molar-refractivity contribution in [3.05, 3.63) is 41.2 Å². The highest BCUT2D eigenvalue weighted by Crippen LogP contribution is 2.28. The maximum Gasteiger partial charge on any atom is 0.573 e. The molecule has 0 amide bonds. The molecule has 0 saturated carbocycles. The third-order valence-electron chi connectivity index (χ3n) is 3.70. The lowest BCUT2D eigenvalue weighted by Crippen LogP contribution is -2.17. The quantitative estimate of drug-likeness (QED) is 0.939. The van der Waals surface area contributed by atoms with Crippen LogP contribution in [0, 0.1) is 0 Å². The number of carbonyl (C=O) groups is 1. The van der Waals surface area contributed by atoms with Crippen LogP contribution in [0.15, 0.2) is 24.3 Å². The smallest absolute Gasteiger partial charge is 0.476 e. The highest BCUT2D eigenvalue weighted by atomic mass is 19.4. The van der Waals surface area contributed by atoms with Crippen LogP contribution in [0.3, 0.4) is 0 Å². The standard InChI is InChI=1S/C15H13F3N2O3/c16-15(17,18)23-10-7-5-9(6-8-10)20-12-4-2-1-3-11(12)13(19-20)14(21)22/h5-8H,1-4H2,(H,21,22). The highest BCUT2D eigenvalue weighted by Gasteiger charge is 2.31. The summed E-state index contributed by atoms with van der Waals surface area (Å²) in [4.78, 5) is 11.3. The molecule has 1 aromatic carbocycles. The van der Waals surface area contributed by atoms with E-state index in [1.165, 1.54) is 28.9 Å². The highest BCUT2D eigenvalue weighted by molar-refractivity contribution is 5.87. The first-order valence-corrected chi connectivity index (χ1v) is 7.05. The van der Waals surface area contributed by atoms with Gasteiger partial charge in [0.15, 0.2) is 5.69 Å². The van der Waals surface area contributed by atoms with Crippen molar-refractivity contribution in [2.24, 2.45) is 0 Å². The second-order valence-electron chi connectivity index (χ2n) is 5.24. The van der Waals surface area contributed by atoms with E-state index in [4.69, 9.17) is 0 Å². The number of ether oxygens (including phenoxy) is 1. The SMILES string of the molecule is O=C(O)c1nn(-c2ccc(OC(F)(F)F)cc2)c2c1CCCC2. The van der Waals surface area contributed by atoms with Crippen LogP contribution in [0.4, 0.5) is 13.2 Å². The monoisotopic (exact) mass is 326 g/mol. The van der Waals surface area contributed by atoms with Gasteiger partial charge in [-0.15, -0.1) is 13.2 Å². The van der Waals surface area contributed by atoms with Crippen molar-refractivity contribution in [1.82, 2.24) is 9.78 Å². The summed E-state index contributed by atoms with van der Waals surface area (Å²) in [5.74, 6) is -1.43. The summed E-state index contributed by atoms with van der Waals surface area (Å²) in [6.45, 7) is 0. The minimum Gasteiger partial charge on any atom is -0.476 e. The Morgan fingerprint density at radius 2 is 1.83 bits per heavy atom. The van der Waals surface area contributed by atoms with Gasteiger partial charge in [-0.3, -0.25) is 0 Å². The second kappa shape index (κ2) is 5.60. The van der Waals surface area contributed by atoms with Crippen molar-refractivity contribution < 1.29 is 27.8 Å². The van der Waals surface area contributed by atoms with Gasteiger partial charge in [-0.25, -0.2) is 9.48 Å². The van der Waals surface area contributed by atoms with Crippen LogP contribution in [0.5, 0.6) is 5.75 Å². The molecule has 1 aromatic heterocycles. The van der Waals surface area contributed by atoms with E-state index >= 15 is 0 Å². The molecule has 0 saturated heterocycles. The number of nitrogens with zero attached hydrogens (tertiary/aromatic N) is 2. The number of carboxylic acids is 1. The van der Waals surface area contributed by atoms with E-state index in [2.05, 4.69) is 9.84 Å². The van der Waals surface area contributed by atoms with Crippen LogP contribution >= 0.6 is 0 Å². The summed E-state index contributed by atoms with van der Waals surface area (Å²) in [6.07, 6.45) is -1.59. The molecule has 0 aliphatic heterocycles. The lowest BCUT2D eigenvalue weighted by atomic mass is 9.95. The average Bonchev–Trinajstić information content (AvgIpc) is 2.86. The molecular weight excluding hydrogens is 313 g/mol. The van der Waals surface area contributed by atoms with E-state index in [1.807, 2.05) is 0 Å². The number of hydrogen-bond donors (Lipinski definition) is 1. The predicted molar refractivity (Wildman–Crippen MR) is 73.8 cm³/mol. The van der Waals surface area contributed by atoms with E-state index < -0.39 is 12.3 Å². The van der Waals surface area contributed by atoms with Crippen LogP contribution in [0.25, 0.3) is 5.69 Å². The van der Waals surface area contributed by atoms with Gasteiger partial charge in [-0.2, -0.15) is 5.10 Å². The largest absolute Gasteiger partial charge is 0.573 e. The van der Waals surface area contributed by atoms with Crippen molar-refractivity contribution in [1.29, 1.82) is 0 Å². The zero-order valence-corrected chi connectivity index (χ0v) is 11.9. The van der Waals surface area contributed by atoms with Gasteiger partial charge in [0.05, 0.1) is 5.69 Å². The van der Waals surface area contributed by atoms with Crippen molar-refractivity contribution >= 4 is 5.97 Å². The zero-order chi connectivity index (χ0) is 16.6. The van der Waals surface area contributed by atoms with E-state index in [9.17, 15) is 23.1 Å². The van der Waals surface area contributed by atoms with E-state index in [0.717, 1.165) is 18.5 Å². The number of fused-ring (bicyclic) bond motifs is 1. The fourth-order valence-electron chi connectivity index (χ4n) is 2.77. The molecule has 0 radical (unpaired) electrons. The Morgan fingerprint density at radius 3 is 2.43 bits per heavy atom. The number of aromatic nitrogens is 2. The average molecular weight is 326 g/mol. The number of hydrogen-bond acceptors (Lipinski definition) is 3. The Balaban J connectivity index is 1.97. The maximum absolute atomic E-state index is 12.2. The van der Waals surface area contributed by atoms with Crippen LogP contribution < -0.4 is 4.74 Å². The lowest BCUT2D eigenvalue weighted by molar-refractivity contribution is -0.274. The predicted octanol–water partition coefficient (Wildman–Crippen LogP) is 3.35. The summed E-state index contributed by atoms with van der Waals surface area (Å²) in [5.41, 5.74) is 2.03. The minimum atomic E-state index is -4.75. The van der Waals surface area contributed by atoms with Crippen molar-refractivity contribution in [2.75, 3.05) is 0 Å². The molecule has 122 valence electrons. The molecule has 1 N–H and O–H groups in total. The molecule has 2 aromatic rings. The first-order valence-electron chi connectivity index (χ1n) is 7.05. The third-order valence-corrected chi connectivity index (χ3v) is 3.70. The summed E-state index contributed by atoms with van der Waals surface area (Å²) < 4.78 is 41.9. The third kappa shape index (κ3) is 3.15. The van der Waals surface area contributed by atoms with Gasteiger partial charge in [0.1, 0.15) is 5.75 Å². The van der Waals surface area contributed by atoms with Gasteiger partial charge in [0.2, 0.25) is 0 Å². The number of rotatable bonds is 3. The zero-order valence-electron chi connectivity index (χ0n) is 11.9. The van der Waals surface area contributed by atoms with Gasteiger partial charge in [0.25, 0.3) is 0 Å². The molecule has 0 fully saturated rings. The normalized spacial score (nSPS) is 14.4. The number of alkyl halides is 3. The molecule has 5 nitrogen and oxygen atoms in total. The Hall–Kier alpha value is -2.51. The van der Waals surface area contributed by atoms with Crippen molar-refractivity contribution in [3.8, 4) is 11.4 Å². The van der Waals surface area contributed by atoms with Gasteiger partial charge < -0.3 is 9.84 Å². The second-order valence-corrected chi connectivity index (χ2v) is 5.24. The Bertz CT molecular complexity index is 736. The minimum absolute atomic E-state index is 0.00955. The Morgan fingerprint density at radius 1 is 1.17 bits per heavy atom. The summed E-state index contributed by atoms with van der Waals surface area (Å²) in [6, 6.07) is 5.21. The van der Waals surface area contributed by atoms with Crippen LogP contribution in [-0.2, 0) is 12.8 Å². The molecule has 3 rings (SSSR count). The van der Waals surface area contributed by atoms with Crippen LogP contribution in [0.2, 0.25) is 0 Å². The molecule has 1 aliphatic rings. The fourth-order valence-corrected chi connectivity index (χ4v) is 2.77. The number of halogens is 3. The molecular formula is C15H13F3N2O3. The van der Waals surface area contributed by atoms with Gasteiger partial charge in [-0.1, -0.05) is 0 Å². The van der Waals surface area contributed by atoms with Gasteiger partial charge in [-0.05, 0) is 49.9 Å². The maximum atomic E-state index is 12.2. The van der Waals surface area contributed by atoms with E-state index in [1.54, 1.807) is 0 Å². The first kappa shape index (κ1) is 15.4. The molecule has 1 aliphatic carbocycles. The van der Waals surface area contributed by atoms with Crippen LogP contribution in [-0.4, -0.2) is 27.2 Å². The fraction of sp³-hybridized carbons (Fsp3) is 0.333. The van der Waals surface area contributed by atoms with Gasteiger partial charge in [0, 0.05) is 11.3 Å². The lowest BCUT2D eigenvalue weighted by Gasteiger charge is -2.14. The summed E-state index contributed by atoms with van der Waals surface area (Å²) in [5, 5.41) is 13.4.